The fourth-order valence-electron chi connectivity index (χ4n) is 3.01. The van der Waals surface area contributed by atoms with Gasteiger partial charge in [-0.05, 0) is 48.0 Å². The largest absolute Gasteiger partial charge is 0.493 e. The van der Waals surface area contributed by atoms with E-state index in [0.717, 1.165) is 0 Å². The van der Waals surface area contributed by atoms with Crippen LogP contribution in [0.2, 0.25) is 0 Å². The maximum absolute atomic E-state index is 12.4. The zero-order valence-corrected chi connectivity index (χ0v) is 17.3. The van der Waals surface area contributed by atoms with Crippen molar-refractivity contribution in [1.82, 2.24) is 0 Å². The first kappa shape index (κ1) is 21.4. The molecule has 3 aromatic rings. The minimum Gasteiger partial charge on any atom is -0.493 e. The van der Waals surface area contributed by atoms with Crippen LogP contribution >= 0.6 is 0 Å². The van der Waals surface area contributed by atoms with Gasteiger partial charge in [-0.1, -0.05) is 24.3 Å². The number of ether oxygens (including phenoxy) is 3. The molecule has 0 radical (unpaired) electrons. The van der Waals surface area contributed by atoms with E-state index in [2.05, 4.69) is 4.99 Å². The summed E-state index contributed by atoms with van der Waals surface area (Å²) in [5.41, 5.74) is 1.38. The van der Waals surface area contributed by atoms with Crippen molar-refractivity contribution in [3.63, 3.8) is 0 Å². The van der Waals surface area contributed by atoms with E-state index in [4.69, 9.17) is 14.2 Å². The number of cyclic esters (lactones) is 1. The minimum atomic E-state index is -0.703. The number of nitro groups is 1. The molecule has 0 saturated carbocycles. The molecule has 33 heavy (non-hydrogen) atoms. The van der Waals surface area contributed by atoms with Crippen molar-refractivity contribution in [2.24, 2.45) is 4.99 Å². The molecular formula is C24H16N2O7. The average molecular weight is 444 g/mol. The molecule has 4 rings (SSSR count). The first-order valence-electron chi connectivity index (χ1n) is 9.67. The lowest BCUT2D eigenvalue weighted by atomic mass is 10.1. The van der Waals surface area contributed by atoms with Gasteiger partial charge in [0.2, 0.25) is 5.90 Å². The van der Waals surface area contributed by atoms with Gasteiger partial charge >= 0.3 is 11.9 Å². The number of benzene rings is 3. The molecule has 1 aliphatic heterocycles. The third-order valence-corrected chi connectivity index (χ3v) is 4.65. The lowest BCUT2D eigenvalue weighted by Crippen LogP contribution is -2.09. The Morgan fingerprint density at radius 2 is 1.76 bits per heavy atom. The molecule has 0 fully saturated rings. The third-order valence-electron chi connectivity index (χ3n) is 4.65. The maximum atomic E-state index is 12.4. The lowest BCUT2D eigenvalue weighted by molar-refractivity contribution is -0.384. The van der Waals surface area contributed by atoms with E-state index in [1.54, 1.807) is 24.3 Å². The van der Waals surface area contributed by atoms with Crippen LogP contribution in [0.3, 0.4) is 0 Å². The van der Waals surface area contributed by atoms with Gasteiger partial charge in [-0.3, -0.25) is 10.1 Å². The summed E-state index contributed by atoms with van der Waals surface area (Å²) < 4.78 is 15.9. The molecule has 0 amide bonds. The summed E-state index contributed by atoms with van der Waals surface area (Å²) in [4.78, 5) is 39.1. The topological polar surface area (TPSA) is 117 Å². The molecule has 0 aliphatic carbocycles. The van der Waals surface area contributed by atoms with Crippen LogP contribution in [0.25, 0.3) is 6.08 Å². The predicted octanol–water partition coefficient (Wildman–Crippen LogP) is 4.17. The first-order chi connectivity index (χ1) is 15.9. The van der Waals surface area contributed by atoms with Crippen LogP contribution in [0.1, 0.15) is 21.5 Å². The first-order valence-corrected chi connectivity index (χ1v) is 9.67. The molecule has 0 saturated heterocycles. The highest BCUT2D eigenvalue weighted by atomic mass is 16.6. The molecule has 0 spiro atoms. The van der Waals surface area contributed by atoms with Crippen molar-refractivity contribution >= 4 is 29.6 Å². The molecule has 0 atom stereocenters. The van der Waals surface area contributed by atoms with Crippen LogP contribution in [-0.4, -0.2) is 29.9 Å². The van der Waals surface area contributed by atoms with Gasteiger partial charge in [-0.25, -0.2) is 14.6 Å². The van der Waals surface area contributed by atoms with Gasteiger partial charge in [0.15, 0.2) is 17.2 Å². The van der Waals surface area contributed by atoms with Crippen LogP contribution < -0.4 is 9.47 Å². The number of nitrogens with zero attached hydrogens (tertiary/aromatic N) is 2. The predicted molar refractivity (Wildman–Crippen MR) is 118 cm³/mol. The van der Waals surface area contributed by atoms with Gasteiger partial charge in [0.25, 0.3) is 5.69 Å². The van der Waals surface area contributed by atoms with E-state index < -0.39 is 16.9 Å². The van der Waals surface area contributed by atoms with E-state index in [9.17, 15) is 19.7 Å². The maximum Gasteiger partial charge on any atom is 0.363 e. The zero-order chi connectivity index (χ0) is 23.4. The number of carbonyl (C=O) groups is 2. The van der Waals surface area contributed by atoms with Crippen molar-refractivity contribution < 1.29 is 28.7 Å². The number of nitro benzene ring substituents is 1. The monoisotopic (exact) mass is 444 g/mol. The summed E-state index contributed by atoms with van der Waals surface area (Å²) in [5.74, 6) is -0.677. The standard InChI is InChI=1S/C24H16N2O7/c1-31-21-14-15(13-19-24(28)33-22(25-19)16-5-3-2-4-6-16)7-12-20(21)32-23(27)17-8-10-18(11-9-17)26(29)30/h2-14H,1H3/b19-13-. The normalized spacial score (nSPS) is 13.9. The van der Waals surface area contributed by atoms with E-state index >= 15 is 0 Å². The summed E-state index contributed by atoms with van der Waals surface area (Å²) in [5, 5.41) is 10.8. The van der Waals surface area contributed by atoms with Crippen LogP contribution in [0.5, 0.6) is 11.5 Å². The number of aliphatic imine (C=N–C) groups is 1. The van der Waals surface area contributed by atoms with Gasteiger partial charge in [-0.15, -0.1) is 0 Å². The highest BCUT2D eigenvalue weighted by Gasteiger charge is 2.24. The van der Waals surface area contributed by atoms with Crippen molar-refractivity contribution in [2.45, 2.75) is 0 Å². The van der Waals surface area contributed by atoms with Crippen molar-refractivity contribution in [1.29, 1.82) is 0 Å². The Bertz CT molecular complexity index is 1300. The van der Waals surface area contributed by atoms with Crippen LogP contribution in [0.15, 0.2) is 83.5 Å². The van der Waals surface area contributed by atoms with Crippen LogP contribution in [-0.2, 0) is 9.53 Å². The number of hydrogen-bond acceptors (Lipinski definition) is 8. The SMILES string of the molecule is COc1cc(/C=C2\N=C(c3ccccc3)OC2=O)ccc1OC(=O)c1ccc([N+](=O)[O-])cc1. The molecule has 3 aromatic carbocycles. The van der Waals surface area contributed by atoms with Crippen LogP contribution in [0, 0.1) is 10.1 Å². The Labute approximate surface area is 187 Å². The van der Waals surface area contributed by atoms with Gasteiger partial charge in [0, 0.05) is 17.7 Å². The second-order valence-electron chi connectivity index (χ2n) is 6.81. The molecule has 1 aliphatic rings. The molecule has 164 valence electrons. The Morgan fingerprint density at radius 1 is 1.03 bits per heavy atom. The Morgan fingerprint density at radius 3 is 2.42 bits per heavy atom. The number of carbonyl (C=O) groups excluding carboxylic acids is 2. The average Bonchev–Trinajstić information content (AvgIpc) is 3.20. The summed E-state index contributed by atoms with van der Waals surface area (Å²) in [6.07, 6.45) is 1.53. The molecule has 9 heteroatoms. The van der Waals surface area contributed by atoms with Crippen molar-refractivity contribution in [3.8, 4) is 11.5 Å². The van der Waals surface area contributed by atoms with Crippen molar-refractivity contribution in [3.05, 3.63) is 105 Å². The minimum absolute atomic E-state index is 0.117. The number of hydrogen-bond donors (Lipinski definition) is 0. The zero-order valence-electron chi connectivity index (χ0n) is 17.3. The molecule has 0 unspecified atom stereocenters. The second-order valence-corrected chi connectivity index (χ2v) is 6.81. The van der Waals surface area contributed by atoms with E-state index in [0.29, 0.717) is 11.1 Å². The molecule has 0 aromatic heterocycles. The molecule has 0 bridgehead atoms. The Balaban J connectivity index is 1.54. The fraction of sp³-hybridized carbons (Fsp3) is 0.0417. The Hall–Kier alpha value is -4.79. The molecule has 9 nitrogen and oxygen atoms in total. The summed E-state index contributed by atoms with van der Waals surface area (Å²) in [6, 6.07) is 18.8. The summed E-state index contributed by atoms with van der Waals surface area (Å²) >= 11 is 0. The Kier molecular flexibility index (Phi) is 5.94. The molecule has 0 N–H and O–H groups in total. The van der Waals surface area contributed by atoms with E-state index in [1.165, 1.54) is 43.5 Å². The van der Waals surface area contributed by atoms with Gasteiger partial charge in [0.05, 0.1) is 17.6 Å². The highest BCUT2D eigenvalue weighted by molar-refractivity contribution is 6.12. The number of rotatable bonds is 6. The second kappa shape index (κ2) is 9.15. The number of methoxy groups -OCH3 is 1. The van der Waals surface area contributed by atoms with Crippen molar-refractivity contribution in [2.75, 3.05) is 7.11 Å². The van der Waals surface area contributed by atoms with Gasteiger partial charge < -0.3 is 14.2 Å². The summed E-state index contributed by atoms with van der Waals surface area (Å²) in [6.45, 7) is 0. The lowest BCUT2D eigenvalue weighted by Gasteiger charge is -2.10. The quantitative estimate of drug-likeness (QED) is 0.184. The highest BCUT2D eigenvalue weighted by Crippen LogP contribution is 2.30. The van der Waals surface area contributed by atoms with Gasteiger partial charge in [0.1, 0.15) is 0 Å². The summed E-state index contributed by atoms with van der Waals surface area (Å²) in [7, 11) is 1.41. The van der Waals surface area contributed by atoms with E-state index in [-0.39, 0.29) is 34.3 Å². The fourth-order valence-corrected chi connectivity index (χ4v) is 3.01. The van der Waals surface area contributed by atoms with E-state index in [1.807, 2.05) is 18.2 Å². The third kappa shape index (κ3) is 4.77. The molecular weight excluding hydrogens is 428 g/mol. The van der Waals surface area contributed by atoms with Crippen LogP contribution in [0.4, 0.5) is 5.69 Å². The number of esters is 2. The van der Waals surface area contributed by atoms with Gasteiger partial charge in [-0.2, -0.15) is 0 Å². The molecule has 1 heterocycles. The smallest absolute Gasteiger partial charge is 0.363 e. The number of non-ortho nitro benzene ring substituents is 1.